The first kappa shape index (κ1) is 16.0. The number of aromatic nitrogens is 2. The Balaban J connectivity index is 1.41. The smallest absolute Gasteiger partial charge is 0.123 e. The molecule has 0 aliphatic heterocycles. The highest BCUT2D eigenvalue weighted by Gasteiger charge is 2.29. The van der Waals surface area contributed by atoms with Crippen molar-refractivity contribution >= 4 is 0 Å². The zero-order valence-electron chi connectivity index (χ0n) is 14.2. The first-order valence-electron chi connectivity index (χ1n) is 8.86. The van der Waals surface area contributed by atoms with E-state index in [9.17, 15) is 4.39 Å². The molecule has 128 valence electrons. The summed E-state index contributed by atoms with van der Waals surface area (Å²) in [5, 5.41) is 4.71. The van der Waals surface area contributed by atoms with Gasteiger partial charge in [0.1, 0.15) is 5.82 Å². The average molecular weight is 335 g/mol. The van der Waals surface area contributed by atoms with Crippen molar-refractivity contribution in [1.29, 1.82) is 0 Å². The Hall–Kier alpha value is -2.46. The summed E-state index contributed by atoms with van der Waals surface area (Å²) < 4.78 is 15.3. The molecule has 0 radical (unpaired) electrons. The van der Waals surface area contributed by atoms with E-state index in [1.54, 1.807) is 12.1 Å². The van der Waals surface area contributed by atoms with Gasteiger partial charge in [-0.05, 0) is 55.2 Å². The first-order chi connectivity index (χ1) is 12.3. The standard InChI is InChI=1S/C21H22FN3/c22-18-6-4-5-17(15-18)11-13-24(20-9-10-20)16-19-12-14-25(23-19)21-7-2-1-3-8-21/h1-8,12,14-15,20H,9-11,13,16H2. The van der Waals surface area contributed by atoms with Crippen LogP contribution in [0.5, 0.6) is 0 Å². The monoisotopic (exact) mass is 335 g/mol. The van der Waals surface area contributed by atoms with Gasteiger partial charge in [0.05, 0.1) is 11.4 Å². The van der Waals surface area contributed by atoms with Crippen LogP contribution in [0.25, 0.3) is 5.69 Å². The molecule has 1 fully saturated rings. The molecule has 1 aromatic heterocycles. The van der Waals surface area contributed by atoms with E-state index in [1.165, 1.54) is 18.9 Å². The topological polar surface area (TPSA) is 21.1 Å². The molecule has 1 aliphatic rings. The molecule has 0 unspecified atom stereocenters. The summed E-state index contributed by atoms with van der Waals surface area (Å²) in [6.07, 6.45) is 5.39. The molecular formula is C21H22FN3. The molecule has 3 nitrogen and oxygen atoms in total. The number of nitrogens with zero attached hydrogens (tertiary/aromatic N) is 3. The minimum atomic E-state index is -0.155. The van der Waals surface area contributed by atoms with Gasteiger partial charge in [-0.2, -0.15) is 5.10 Å². The second-order valence-corrected chi connectivity index (χ2v) is 6.67. The van der Waals surface area contributed by atoms with E-state index in [-0.39, 0.29) is 5.82 Å². The van der Waals surface area contributed by atoms with Gasteiger partial charge in [-0.15, -0.1) is 0 Å². The third-order valence-electron chi connectivity index (χ3n) is 4.67. The minimum Gasteiger partial charge on any atom is -0.294 e. The Kier molecular flexibility index (Phi) is 4.61. The molecular weight excluding hydrogens is 313 g/mol. The van der Waals surface area contributed by atoms with Crippen LogP contribution in [0.1, 0.15) is 24.1 Å². The largest absolute Gasteiger partial charge is 0.294 e. The van der Waals surface area contributed by atoms with Crippen LogP contribution in [0, 0.1) is 5.82 Å². The van der Waals surface area contributed by atoms with E-state index in [0.29, 0.717) is 6.04 Å². The fourth-order valence-corrected chi connectivity index (χ4v) is 3.17. The summed E-state index contributed by atoms with van der Waals surface area (Å²) in [5.74, 6) is -0.155. The number of benzene rings is 2. The highest BCUT2D eigenvalue weighted by atomic mass is 19.1. The highest BCUT2D eigenvalue weighted by Crippen LogP contribution is 2.28. The quantitative estimate of drug-likeness (QED) is 0.645. The molecule has 4 rings (SSSR count). The minimum absolute atomic E-state index is 0.155. The number of halogens is 1. The molecule has 0 bridgehead atoms. The zero-order chi connectivity index (χ0) is 17.1. The molecule has 1 saturated carbocycles. The summed E-state index contributed by atoms with van der Waals surface area (Å²) >= 11 is 0. The summed E-state index contributed by atoms with van der Waals surface area (Å²) in [6, 6.07) is 19.8. The average Bonchev–Trinajstić information content (AvgIpc) is 3.38. The Bertz CT molecular complexity index is 824. The van der Waals surface area contributed by atoms with Crippen molar-refractivity contribution in [3.63, 3.8) is 0 Å². The van der Waals surface area contributed by atoms with Crippen LogP contribution in [0.3, 0.4) is 0 Å². The zero-order valence-corrected chi connectivity index (χ0v) is 14.2. The lowest BCUT2D eigenvalue weighted by atomic mass is 10.1. The lowest BCUT2D eigenvalue weighted by molar-refractivity contribution is 0.254. The number of hydrogen-bond donors (Lipinski definition) is 0. The fraction of sp³-hybridized carbons (Fsp3) is 0.286. The lowest BCUT2D eigenvalue weighted by Gasteiger charge is -2.21. The number of hydrogen-bond acceptors (Lipinski definition) is 2. The van der Waals surface area contributed by atoms with Crippen molar-refractivity contribution in [2.75, 3.05) is 6.54 Å². The van der Waals surface area contributed by atoms with E-state index in [2.05, 4.69) is 23.1 Å². The maximum atomic E-state index is 13.3. The third kappa shape index (κ3) is 4.15. The molecule has 0 spiro atoms. The molecule has 4 heteroatoms. The van der Waals surface area contributed by atoms with E-state index < -0.39 is 0 Å². The Morgan fingerprint density at radius 3 is 2.64 bits per heavy atom. The van der Waals surface area contributed by atoms with Crippen molar-refractivity contribution in [1.82, 2.24) is 14.7 Å². The predicted molar refractivity (Wildman–Crippen MR) is 97.1 cm³/mol. The molecule has 1 heterocycles. The maximum Gasteiger partial charge on any atom is 0.123 e. The van der Waals surface area contributed by atoms with Gasteiger partial charge in [0.15, 0.2) is 0 Å². The lowest BCUT2D eigenvalue weighted by Crippen LogP contribution is -2.28. The molecule has 25 heavy (non-hydrogen) atoms. The van der Waals surface area contributed by atoms with Crippen LogP contribution in [0.15, 0.2) is 66.9 Å². The van der Waals surface area contributed by atoms with Gasteiger partial charge < -0.3 is 0 Å². The molecule has 2 aromatic carbocycles. The second-order valence-electron chi connectivity index (χ2n) is 6.67. The van der Waals surface area contributed by atoms with Crippen LogP contribution in [0.2, 0.25) is 0 Å². The molecule has 0 N–H and O–H groups in total. The van der Waals surface area contributed by atoms with Crippen LogP contribution >= 0.6 is 0 Å². The van der Waals surface area contributed by atoms with E-state index >= 15 is 0 Å². The Labute approximate surface area is 147 Å². The van der Waals surface area contributed by atoms with Gasteiger partial charge in [0.25, 0.3) is 0 Å². The van der Waals surface area contributed by atoms with E-state index in [4.69, 9.17) is 5.10 Å². The molecule has 3 aromatic rings. The summed E-state index contributed by atoms with van der Waals surface area (Å²) in [6.45, 7) is 1.78. The fourth-order valence-electron chi connectivity index (χ4n) is 3.17. The normalized spacial score (nSPS) is 14.2. The van der Waals surface area contributed by atoms with Crippen LogP contribution < -0.4 is 0 Å². The van der Waals surface area contributed by atoms with Crippen LogP contribution in [0.4, 0.5) is 4.39 Å². The maximum absolute atomic E-state index is 13.3. The van der Waals surface area contributed by atoms with Crippen molar-refractivity contribution in [3.05, 3.63) is 83.9 Å². The van der Waals surface area contributed by atoms with Gasteiger partial charge in [-0.1, -0.05) is 30.3 Å². The predicted octanol–water partition coefficient (Wildman–Crippen LogP) is 4.22. The Morgan fingerprint density at radius 2 is 1.88 bits per heavy atom. The first-order valence-corrected chi connectivity index (χ1v) is 8.86. The van der Waals surface area contributed by atoms with Crippen molar-refractivity contribution in [2.24, 2.45) is 0 Å². The van der Waals surface area contributed by atoms with Gasteiger partial charge in [-0.3, -0.25) is 4.90 Å². The summed E-state index contributed by atoms with van der Waals surface area (Å²) in [4.78, 5) is 2.47. The SMILES string of the molecule is Fc1cccc(CCN(Cc2ccn(-c3ccccc3)n2)C2CC2)c1. The highest BCUT2D eigenvalue weighted by molar-refractivity contribution is 5.30. The third-order valence-corrected chi connectivity index (χ3v) is 4.67. The molecule has 0 saturated heterocycles. The molecule has 1 aliphatic carbocycles. The van der Waals surface area contributed by atoms with Crippen LogP contribution in [-0.4, -0.2) is 27.3 Å². The van der Waals surface area contributed by atoms with Crippen molar-refractivity contribution in [2.45, 2.75) is 31.8 Å². The van der Waals surface area contributed by atoms with Crippen molar-refractivity contribution < 1.29 is 4.39 Å². The number of rotatable bonds is 7. The second kappa shape index (κ2) is 7.19. The molecule has 0 atom stereocenters. The molecule has 0 amide bonds. The van der Waals surface area contributed by atoms with E-state index in [1.807, 2.05) is 35.1 Å². The summed E-state index contributed by atoms with van der Waals surface area (Å²) in [7, 11) is 0. The van der Waals surface area contributed by atoms with Gasteiger partial charge >= 0.3 is 0 Å². The van der Waals surface area contributed by atoms with Crippen LogP contribution in [-0.2, 0) is 13.0 Å². The van der Waals surface area contributed by atoms with Gasteiger partial charge in [0, 0.05) is 25.3 Å². The summed E-state index contributed by atoms with van der Waals surface area (Å²) in [5.41, 5.74) is 3.21. The van der Waals surface area contributed by atoms with Gasteiger partial charge in [0.2, 0.25) is 0 Å². The Morgan fingerprint density at radius 1 is 1.04 bits per heavy atom. The van der Waals surface area contributed by atoms with Crippen molar-refractivity contribution in [3.8, 4) is 5.69 Å². The van der Waals surface area contributed by atoms with Gasteiger partial charge in [-0.25, -0.2) is 9.07 Å². The van der Waals surface area contributed by atoms with E-state index in [0.717, 1.165) is 36.5 Å². The number of para-hydroxylation sites is 1.